The zero-order valence-corrected chi connectivity index (χ0v) is 14.4. The molecular weight excluding hydrogens is 316 g/mol. The van der Waals surface area contributed by atoms with Gasteiger partial charge in [0.2, 0.25) is 5.91 Å². The van der Waals surface area contributed by atoms with Crippen LogP contribution in [0.4, 0.5) is 0 Å². The molecule has 0 spiro atoms. The Morgan fingerprint density at radius 2 is 2.22 bits per heavy atom. The molecule has 6 heteroatoms. The number of benzene rings is 1. The van der Waals surface area contributed by atoms with Crippen LogP contribution in [0.25, 0.3) is 0 Å². The number of rotatable bonds is 5. The molecule has 1 aromatic rings. The summed E-state index contributed by atoms with van der Waals surface area (Å²) in [7, 11) is 1.62. The number of ether oxygens (including phenoxy) is 1. The van der Waals surface area contributed by atoms with Crippen molar-refractivity contribution in [1.29, 1.82) is 0 Å². The second-order valence-electron chi connectivity index (χ2n) is 5.69. The molecule has 23 heavy (non-hydrogen) atoms. The standard InChI is InChI=1S/C17H23ClN2O3/c1-3-9-23-15-7-6-13(18)10-14(15)17(22)20-8-4-5-12(11-20)16(21)19-2/h6-7,10,12H,3-5,8-9,11H2,1-2H3,(H,19,21)/t12-/m0/s1. The summed E-state index contributed by atoms with van der Waals surface area (Å²) >= 11 is 6.05. The fourth-order valence-electron chi connectivity index (χ4n) is 2.76. The minimum absolute atomic E-state index is 0.0175. The van der Waals surface area contributed by atoms with Crippen molar-refractivity contribution in [3.8, 4) is 5.75 Å². The van der Waals surface area contributed by atoms with Gasteiger partial charge in [0.25, 0.3) is 5.91 Å². The highest BCUT2D eigenvalue weighted by Gasteiger charge is 2.29. The van der Waals surface area contributed by atoms with Crippen LogP contribution in [-0.2, 0) is 4.79 Å². The van der Waals surface area contributed by atoms with Crippen LogP contribution in [0.5, 0.6) is 5.75 Å². The summed E-state index contributed by atoms with van der Waals surface area (Å²) in [4.78, 5) is 26.4. The van der Waals surface area contributed by atoms with Crippen LogP contribution in [0.15, 0.2) is 18.2 Å². The minimum atomic E-state index is -0.156. The third kappa shape index (κ3) is 4.38. The molecule has 1 fully saturated rings. The molecule has 0 aliphatic carbocycles. The number of amides is 2. The number of halogens is 1. The van der Waals surface area contributed by atoms with Gasteiger partial charge in [0.15, 0.2) is 0 Å². The maximum Gasteiger partial charge on any atom is 0.257 e. The highest BCUT2D eigenvalue weighted by molar-refractivity contribution is 6.31. The van der Waals surface area contributed by atoms with E-state index >= 15 is 0 Å². The van der Waals surface area contributed by atoms with Crippen LogP contribution < -0.4 is 10.1 Å². The van der Waals surface area contributed by atoms with Gasteiger partial charge in [0.05, 0.1) is 18.1 Å². The Balaban J connectivity index is 2.18. The lowest BCUT2D eigenvalue weighted by atomic mass is 9.96. The Morgan fingerprint density at radius 1 is 1.43 bits per heavy atom. The fourth-order valence-corrected chi connectivity index (χ4v) is 2.93. The van der Waals surface area contributed by atoms with E-state index in [0.29, 0.717) is 36.0 Å². The molecule has 0 unspecified atom stereocenters. The first kappa shape index (κ1) is 17.6. The Bertz CT molecular complexity index is 577. The number of hydrogen-bond donors (Lipinski definition) is 1. The van der Waals surface area contributed by atoms with Crippen LogP contribution in [0.3, 0.4) is 0 Å². The number of carbonyl (C=O) groups is 2. The van der Waals surface area contributed by atoms with E-state index in [1.165, 1.54) is 0 Å². The summed E-state index contributed by atoms with van der Waals surface area (Å²) < 4.78 is 5.66. The van der Waals surface area contributed by atoms with Crippen molar-refractivity contribution in [2.45, 2.75) is 26.2 Å². The predicted molar refractivity (Wildman–Crippen MR) is 89.9 cm³/mol. The van der Waals surface area contributed by atoms with E-state index in [2.05, 4.69) is 5.32 Å². The molecule has 1 saturated heterocycles. The van der Waals surface area contributed by atoms with E-state index in [4.69, 9.17) is 16.3 Å². The third-order valence-corrected chi connectivity index (χ3v) is 4.19. The molecule has 0 aromatic heterocycles. The Hall–Kier alpha value is -1.75. The van der Waals surface area contributed by atoms with Gasteiger partial charge in [-0.15, -0.1) is 0 Å². The second-order valence-corrected chi connectivity index (χ2v) is 6.13. The molecule has 1 heterocycles. The van der Waals surface area contributed by atoms with E-state index < -0.39 is 0 Å². The van der Waals surface area contributed by atoms with Crippen molar-refractivity contribution in [3.05, 3.63) is 28.8 Å². The van der Waals surface area contributed by atoms with E-state index in [1.54, 1.807) is 30.1 Å². The monoisotopic (exact) mass is 338 g/mol. The summed E-state index contributed by atoms with van der Waals surface area (Å²) in [5.41, 5.74) is 0.462. The second kappa shape index (κ2) is 8.20. The number of piperidine rings is 1. The summed E-state index contributed by atoms with van der Waals surface area (Å²) in [6.45, 7) is 3.63. The number of carbonyl (C=O) groups excluding carboxylic acids is 2. The van der Waals surface area contributed by atoms with Crippen molar-refractivity contribution >= 4 is 23.4 Å². The molecule has 1 aromatic carbocycles. The SMILES string of the molecule is CCCOc1ccc(Cl)cc1C(=O)N1CCC[C@H](C(=O)NC)C1. The zero-order chi connectivity index (χ0) is 16.8. The zero-order valence-electron chi connectivity index (χ0n) is 13.6. The molecule has 126 valence electrons. The maximum atomic E-state index is 12.8. The average molecular weight is 339 g/mol. The normalized spacial score (nSPS) is 17.7. The van der Waals surface area contributed by atoms with E-state index in [9.17, 15) is 9.59 Å². The number of likely N-dealkylation sites (tertiary alicyclic amines) is 1. The van der Waals surface area contributed by atoms with Gasteiger partial charge < -0.3 is 15.0 Å². The van der Waals surface area contributed by atoms with Crippen molar-refractivity contribution in [2.75, 3.05) is 26.7 Å². The molecule has 0 radical (unpaired) electrons. The minimum Gasteiger partial charge on any atom is -0.493 e. The van der Waals surface area contributed by atoms with Crippen LogP contribution in [-0.4, -0.2) is 43.5 Å². The number of nitrogens with zero attached hydrogens (tertiary/aromatic N) is 1. The van der Waals surface area contributed by atoms with Crippen LogP contribution in [0, 0.1) is 5.92 Å². The van der Waals surface area contributed by atoms with Crippen LogP contribution in [0.2, 0.25) is 5.02 Å². The Kier molecular flexibility index (Phi) is 6.28. The van der Waals surface area contributed by atoms with Gasteiger partial charge in [-0.1, -0.05) is 18.5 Å². The summed E-state index contributed by atoms with van der Waals surface area (Å²) in [5.74, 6) is 0.239. The fraction of sp³-hybridized carbons (Fsp3) is 0.529. The van der Waals surface area contributed by atoms with Crippen molar-refractivity contribution in [1.82, 2.24) is 10.2 Å². The average Bonchev–Trinajstić information content (AvgIpc) is 2.59. The highest BCUT2D eigenvalue weighted by Crippen LogP contribution is 2.27. The highest BCUT2D eigenvalue weighted by atomic mass is 35.5. The molecule has 2 amide bonds. The van der Waals surface area contributed by atoms with Crippen LogP contribution in [0.1, 0.15) is 36.5 Å². The first-order valence-corrected chi connectivity index (χ1v) is 8.37. The molecule has 5 nitrogen and oxygen atoms in total. The first-order chi connectivity index (χ1) is 11.1. The molecule has 1 aliphatic heterocycles. The number of hydrogen-bond acceptors (Lipinski definition) is 3. The Morgan fingerprint density at radius 3 is 2.91 bits per heavy atom. The molecular formula is C17H23ClN2O3. The summed E-state index contributed by atoms with van der Waals surface area (Å²) in [5, 5.41) is 3.16. The van der Waals surface area contributed by atoms with Crippen molar-refractivity contribution in [2.24, 2.45) is 5.92 Å². The van der Waals surface area contributed by atoms with Crippen LogP contribution >= 0.6 is 11.6 Å². The largest absolute Gasteiger partial charge is 0.493 e. The topological polar surface area (TPSA) is 58.6 Å². The molecule has 1 atom stereocenters. The molecule has 1 N–H and O–H groups in total. The van der Waals surface area contributed by atoms with Crippen molar-refractivity contribution in [3.63, 3.8) is 0 Å². The molecule has 0 saturated carbocycles. The van der Waals surface area contributed by atoms with Gasteiger partial charge in [-0.05, 0) is 37.5 Å². The maximum absolute atomic E-state index is 12.8. The van der Waals surface area contributed by atoms with E-state index in [0.717, 1.165) is 19.3 Å². The molecule has 0 bridgehead atoms. The smallest absolute Gasteiger partial charge is 0.257 e. The van der Waals surface area contributed by atoms with E-state index in [-0.39, 0.29) is 17.7 Å². The summed E-state index contributed by atoms with van der Waals surface area (Å²) in [6, 6.07) is 5.08. The molecule has 1 aliphatic rings. The first-order valence-electron chi connectivity index (χ1n) is 8.00. The quantitative estimate of drug-likeness (QED) is 0.898. The van der Waals surface area contributed by atoms with E-state index in [1.807, 2.05) is 6.92 Å². The van der Waals surface area contributed by atoms with Gasteiger partial charge >= 0.3 is 0 Å². The lowest BCUT2D eigenvalue weighted by Gasteiger charge is -2.32. The number of nitrogens with one attached hydrogen (secondary N) is 1. The van der Waals surface area contributed by atoms with Crippen molar-refractivity contribution < 1.29 is 14.3 Å². The molecule has 2 rings (SSSR count). The van der Waals surface area contributed by atoms with Gasteiger partial charge in [-0.3, -0.25) is 9.59 Å². The lowest BCUT2D eigenvalue weighted by molar-refractivity contribution is -0.125. The van der Waals surface area contributed by atoms with Gasteiger partial charge in [0.1, 0.15) is 5.75 Å². The Labute approximate surface area is 141 Å². The van der Waals surface area contributed by atoms with Gasteiger partial charge in [-0.25, -0.2) is 0 Å². The lowest BCUT2D eigenvalue weighted by Crippen LogP contribution is -2.44. The summed E-state index contributed by atoms with van der Waals surface area (Å²) in [6.07, 6.45) is 2.48. The third-order valence-electron chi connectivity index (χ3n) is 3.96. The van der Waals surface area contributed by atoms with Gasteiger partial charge in [-0.2, -0.15) is 0 Å². The van der Waals surface area contributed by atoms with Gasteiger partial charge in [0, 0.05) is 25.2 Å². The predicted octanol–water partition coefficient (Wildman–Crippen LogP) is 2.73.